The summed E-state index contributed by atoms with van der Waals surface area (Å²) in [5.41, 5.74) is 0.846. The molecule has 23 heavy (non-hydrogen) atoms. The zero-order valence-electron chi connectivity index (χ0n) is 12.8. The summed E-state index contributed by atoms with van der Waals surface area (Å²) in [7, 11) is 0. The van der Waals surface area contributed by atoms with Gasteiger partial charge in [0.05, 0.1) is 0 Å². The minimum Gasteiger partial charge on any atom is -0.479 e. The largest absolute Gasteiger partial charge is 0.479 e. The van der Waals surface area contributed by atoms with Gasteiger partial charge in [-0.15, -0.1) is 0 Å². The molecule has 2 fully saturated rings. The molecule has 1 amide bonds. The first-order valence-corrected chi connectivity index (χ1v) is 7.98. The molecule has 5 nitrogen and oxygen atoms in total. The lowest BCUT2D eigenvalue weighted by Gasteiger charge is -2.25. The average molecular weight is 321 g/mol. The van der Waals surface area contributed by atoms with Crippen LogP contribution in [0.3, 0.4) is 0 Å². The molecule has 0 unspecified atom stereocenters. The first-order valence-electron chi connectivity index (χ1n) is 7.98. The molecule has 6 heteroatoms. The lowest BCUT2D eigenvalue weighted by atomic mass is 10.1. The van der Waals surface area contributed by atoms with Gasteiger partial charge in [0, 0.05) is 12.6 Å². The number of aliphatic carboxylic acids is 1. The lowest BCUT2D eigenvalue weighted by molar-refractivity contribution is -0.155. The van der Waals surface area contributed by atoms with E-state index in [0.29, 0.717) is 25.8 Å². The maximum Gasteiger partial charge on any atom is 0.332 e. The Balaban J connectivity index is 1.60. The van der Waals surface area contributed by atoms with Crippen molar-refractivity contribution in [1.82, 2.24) is 4.90 Å². The normalized spacial score (nSPS) is 23.7. The van der Waals surface area contributed by atoms with Crippen molar-refractivity contribution in [1.29, 1.82) is 0 Å². The summed E-state index contributed by atoms with van der Waals surface area (Å²) < 4.78 is 18.6. The fraction of sp³-hybridized carbons (Fsp3) is 0.529. The van der Waals surface area contributed by atoms with Gasteiger partial charge in [0.1, 0.15) is 11.9 Å². The van der Waals surface area contributed by atoms with Crippen LogP contribution in [0.15, 0.2) is 24.3 Å². The predicted octanol–water partition coefficient (Wildman–Crippen LogP) is 1.99. The number of carbonyl (C=O) groups is 2. The van der Waals surface area contributed by atoms with Crippen molar-refractivity contribution in [2.24, 2.45) is 0 Å². The predicted molar refractivity (Wildman–Crippen MR) is 80.4 cm³/mol. The number of ether oxygens (including phenoxy) is 1. The summed E-state index contributed by atoms with van der Waals surface area (Å²) in [6, 6.07) is 6.58. The molecule has 124 valence electrons. The van der Waals surface area contributed by atoms with Crippen LogP contribution in [0, 0.1) is 5.82 Å². The molecule has 2 aliphatic rings. The van der Waals surface area contributed by atoms with Crippen LogP contribution in [0.25, 0.3) is 0 Å². The Morgan fingerprint density at radius 3 is 2.57 bits per heavy atom. The minimum atomic E-state index is -1.02. The molecule has 0 aromatic heterocycles. The van der Waals surface area contributed by atoms with E-state index in [-0.39, 0.29) is 17.8 Å². The summed E-state index contributed by atoms with van der Waals surface area (Å²) in [5.74, 6) is -1.43. The molecule has 0 spiro atoms. The maximum atomic E-state index is 13.2. The topological polar surface area (TPSA) is 66.8 Å². The van der Waals surface area contributed by atoms with Crippen molar-refractivity contribution in [3.8, 4) is 0 Å². The number of benzene rings is 1. The first-order chi connectivity index (χ1) is 11.0. The number of hydrogen-bond donors (Lipinski definition) is 1. The van der Waals surface area contributed by atoms with Crippen LogP contribution in [0.5, 0.6) is 0 Å². The summed E-state index contributed by atoms with van der Waals surface area (Å²) in [6.07, 6.45) is 1.77. The Morgan fingerprint density at radius 1 is 1.22 bits per heavy atom. The highest BCUT2D eigenvalue weighted by Gasteiger charge is 2.40. The van der Waals surface area contributed by atoms with Crippen LogP contribution < -0.4 is 0 Å². The van der Waals surface area contributed by atoms with E-state index in [2.05, 4.69) is 0 Å². The monoisotopic (exact) mass is 321 g/mol. The van der Waals surface area contributed by atoms with E-state index >= 15 is 0 Å². The number of halogens is 1. The number of carbonyl (C=O) groups excluding carboxylic acids is 1. The molecule has 3 rings (SSSR count). The van der Waals surface area contributed by atoms with Gasteiger partial charge < -0.3 is 14.7 Å². The van der Waals surface area contributed by atoms with E-state index in [0.717, 1.165) is 18.4 Å². The molecule has 1 aliphatic heterocycles. The first kappa shape index (κ1) is 15.9. The molecule has 1 aliphatic carbocycles. The Hall–Kier alpha value is -1.95. The molecular formula is C17H20FNO4. The lowest BCUT2D eigenvalue weighted by Crippen LogP contribution is -2.42. The van der Waals surface area contributed by atoms with Crippen LogP contribution in [-0.4, -0.2) is 46.7 Å². The number of carboxylic acids is 1. The van der Waals surface area contributed by atoms with Gasteiger partial charge in [0.2, 0.25) is 0 Å². The third kappa shape index (κ3) is 3.88. The number of amides is 1. The molecule has 1 aromatic rings. The molecule has 2 atom stereocenters. The van der Waals surface area contributed by atoms with Crippen LogP contribution in [0.1, 0.15) is 31.2 Å². The second-order valence-electron chi connectivity index (χ2n) is 6.17. The van der Waals surface area contributed by atoms with E-state index in [1.165, 1.54) is 12.1 Å². The second-order valence-corrected chi connectivity index (χ2v) is 6.17. The molecule has 0 radical (unpaired) electrons. The minimum absolute atomic E-state index is 0.132. The summed E-state index contributed by atoms with van der Waals surface area (Å²) in [5, 5.41) is 8.97. The molecule has 1 heterocycles. The van der Waals surface area contributed by atoms with Gasteiger partial charge in [-0.1, -0.05) is 12.1 Å². The summed E-state index contributed by atoms with van der Waals surface area (Å²) >= 11 is 0. The zero-order valence-corrected chi connectivity index (χ0v) is 12.8. The molecular weight excluding hydrogens is 301 g/mol. The Kier molecular flexibility index (Phi) is 4.61. The van der Waals surface area contributed by atoms with E-state index in [1.54, 1.807) is 11.0 Å². The fourth-order valence-electron chi connectivity index (χ4n) is 2.99. The maximum absolute atomic E-state index is 13.2. The highest BCUT2D eigenvalue weighted by Crippen LogP contribution is 2.30. The van der Waals surface area contributed by atoms with Crippen LogP contribution in [0.4, 0.5) is 4.39 Å². The Labute approximate surface area is 134 Å². The molecule has 1 N–H and O–H groups in total. The smallest absolute Gasteiger partial charge is 0.332 e. The molecule has 0 bridgehead atoms. The summed E-state index contributed by atoms with van der Waals surface area (Å²) in [4.78, 5) is 25.3. The average Bonchev–Trinajstić information content (AvgIpc) is 3.22. The Morgan fingerprint density at radius 2 is 1.96 bits per heavy atom. The number of carboxylic acid groups (broad SMARTS) is 1. The van der Waals surface area contributed by atoms with Gasteiger partial charge in [0.25, 0.3) is 5.91 Å². The molecule has 1 saturated heterocycles. The summed E-state index contributed by atoms with van der Waals surface area (Å²) in [6.45, 7) is 0.505. The quantitative estimate of drug-likeness (QED) is 0.870. The van der Waals surface area contributed by atoms with Crippen molar-refractivity contribution in [3.63, 3.8) is 0 Å². The Bertz CT molecular complexity index is 602. The fourth-order valence-corrected chi connectivity index (χ4v) is 2.99. The standard InChI is InChI=1S/C17H20FNO4/c18-12-3-1-2-11(10-12)8-9-19(13-4-5-13)16(20)14-6-7-15(23-14)17(21)22/h1-3,10,13-15H,4-9H2,(H,21,22)/t14-,15+/m0/s1. The number of hydrogen-bond acceptors (Lipinski definition) is 3. The van der Waals surface area contributed by atoms with E-state index in [9.17, 15) is 14.0 Å². The second kappa shape index (κ2) is 6.66. The third-order valence-electron chi connectivity index (χ3n) is 4.37. The van der Waals surface area contributed by atoms with Crippen molar-refractivity contribution in [2.45, 2.75) is 50.4 Å². The van der Waals surface area contributed by atoms with Crippen molar-refractivity contribution < 1.29 is 23.8 Å². The van der Waals surface area contributed by atoms with Crippen molar-refractivity contribution in [2.75, 3.05) is 6.54 Å². The van der Waals surface area contributed by atoms with Gasteiger partial charge in [-0.2, -0.15) is 0 Å². The molecule has 1 saturated carbocycles. The van der Waals surface area contributed by atoms with Crippen LogP contribution >= 0.6 is 0 Å². The van der Waals surface area contributed by atoms with Gasteiger partial charge in [-0.25, -0.2) is 9.18 Å². The highest BCUT2D eigenvalue weighted by molar-refractivity contribution is 5.83. The molecule has 1 aromatic carbocycles. The van der Waals surface area contributed by atoms with E-state index < -0.39 is 18.2 Å². The zero-order chi connectivity index (χ0) is 16.4. The van der Waals surface area contributed by atoms with E-state index in [4.69, 9.17) is 9.84 Å². The van der Waals surface area contributed by atoms with E-state index in [1.807, 2.05) is 6.07 Å². The van der Waals surface area contributed by atoms with Gasteiger partial charge >= 0.3 is 5.97 Å². The van der Waals surface area contributed by atoms with Crippen molar-refractivity contribution >= 4 is 11.9 Å². The van der Waals surface area contributed by atoms with Gasteiger partial charge in [0.15, 0.2) is 6.10 Å². The third-order valence-corrected chi connectivity index (χ3v) is 4.37. The highest BCUT2D eigenvalue weighted by atomic mass is 19.1. The van der Waals surface area contributed by atoms with Gasteiger partial charge in [-0.3, -0.25) is 4.79 Å². The SMILES string of the molecule is O=C(O)[C@H]1CC[C@@H](C(=O)N(CCc2cccc(F)c2)C2CC2)O1. The van der Waals surface area contributed by atoms with Crippen molar-refractivity contribution in [3.05, 3.63) is 35.6 Å². The van der Waals surface area contributed by atoms with Crippen LogP contribution in [0.2, 0.25) is 0 Å². The van der Waals surface area contributed by atoms with Crippen LogP contribution in [-0.2, 0) is 20.7 Å². The number of nitrogens with zero attached hydrogens (tertiary/aromatic N) is 1. The number of rotatable bonds is 6. The van der Waals surface area contributed by atoms with Gasteiger partial charge in [-0.05, 0) is 49.8 Å².